The van der Waals surface area contributed by atoms with Crippen LogP contribution in [0.3, 0.4) is 0 Å². The van der Waals surface area contributed by atoms with Gasteiger partial charge in [0, 0.05) is 28.6 Å². The normalized spacial score (nSPS) is 25.9. The molecule has 2 aliphatic carbocycles. The van der Waals surface area contributed by atoms with Gasteiger partial charge in [0.05, 0.1) is 46.1 Å². The average molecular weight is 751 g/mol. The van der Waals surface area contributed by atoms with Crippen LogP contribution in [-0.4, -0.2) is 51.9 Å². The number of ether oxygens (including phenoxy) is 1. The summed E-state index contributed by atoms with van der Waals surface area (Å²) >= 11 is 6.36. The second-order valence-corrected chi connectivity index (χ2v) is 14.2. The fourth-order valence-electron chi connectivity index (χ4n) is 9.01. The number of benzene rings is 4. The maximum atomic E-state index is 15.3. The lowest BCUT2D eigenvalue weighted by atomic mass is 9.49. The molecule has 12 nitrogen and oxygen atoms in total. The molecule has 0 radical (unpaired) electrons. The van der Waals surface area contributed by atoms with Crippen LogP contribution in [0.25, 0.3) is 0 Å². The third kappa shape index (κ3) is 5.37. The molecular weight excluding hydrogens is 719 g/mol. The number of fused-ring (bicyclic) bond motifs is 4. The summed E-state index contributed by atoms with van der Waals surface area (Å²) in [7, 11) is 0. The minimum absolute atomic E-state index is 0.000239. The largest absolute Gasteiger partial charge is 0.491 e. The summed E-state index contributed by atoms with van der Waals surface area (Å²) in [6, 6.07) is 24.2. The third-order valence-electron chi connectivity index (χ3n) is 11.1. The number of hydrazine groups is 1. The number of anilines is 2. The van der Waals surface area contributed by atoms with Crippen molar-refractivity contribution in [1.82, 2.24) is 5.01 Å². The fourth-order valence-corrected chi connectivity index (χ4v) is 9.13. The lowest BCUT2D eigenvalue weighted by Gasteiger charge is -2.50. The van der Waals surface area contributed by atoms with E-state index in [4.69, 9.17) is 16.3 Å². The average Bonchev–Trinajstić information content (AvgIpc) is 3.56. The lowest BCUT2D eigenvalue weighted by Crippen LogP contribution is -2.53. The van der Waals surface area contributed by atoms with Crippen LogP contribution in [0.2, 0.25) is 5.02 Å². The number of allylic oxidation sites excluding steroid dienone is 2. The van der Waals surface area contributed by atoms with E-state index < -0.39 is 69.4 Å². The number of imide groups is 2. The number of para-hydroxylation sites is 1. The van der Waals surface area contributed by atoms with Crippen molar-refractivity contribution < 1.29 is 38.3 Å². The molecule has 2 N–H and O–H groups in total. The number of non-ortho nitro benzene ring substituents is 1. The van der Waals surface area contributed by atoms with E-state index in [2.05, 4.69) is 5.43 Å². The Morgan fingerprint density at radius 3 is 2.39 bits per heavy atom. The zero-order chi connectivity index (χ0) is 37.9. The summed E-state index contributed by atoms with van der Waals surface area (Å²) in [4.78, 5) is 70.7. The van der Waals surface area contributed by atoms with E-state index >= 15 is 4.79 Å². The first-order valence-electron chi connectivity index (χ1n) is 17.4. The number of aliphatic hydroxyl groups is 1. The maximum Gasteiger partial charge on any atom is 0.271 e. The molecule has 8 rings (SSSR count). The number of nitro benzene ring substituents is 1. The second kappa shape index (κ2) is 13.5. The smallest absolute Gasteiger partial charge is 0.271 e. The number of amides is 4. The van der Waals surface area contributed by atoms with Crippen LogP contribution in [0.1, 0.15) is 29.9 Å². The van der Waals surface area contributed by atoms with Crippen LogP contribution >= 0.6 is 11.6 Å². The lowest BCUT2D eigenvalue weighted by molar-refractivity contribution is -0.384. The number of rotatable bonds is 9. The monoisotopic (exact) mass is 750 g/mol. The van der Waals surface area contributed by atoms with Gasteiger partial charge in [0.2, 0.25) is 11.8 Å². The number of hydrogen-bond acceptors (Lipinski definition) is 9. The molecule has 274 valence electrons. The van der Waals surface area contributed by atoms with Crippen molar-refractivity contribution in [2.24, 2.45) is 23.7 Å². The van der Waals surface area contributed by atoms with Gasteiger partial charge in [0.25, 0.3) is 17.5 Å². The van der Waals surface area contributed by atoms with Gasteiger partial charge in [-0.3, -0.25) is 34.7 Å². The van der Waals surface area contributed by atoms with E-state index in [9.17, 15) is 34.0 Å². The fraction of sp³-hybridized carbons (Fsp3) is 0.250. The Kier molecular flexibility index (Phi) is 8.78. The Labute approximate surface area is 312 Å². The molecule has 14 heteroatoms. The number of nitrogens with one attached hydrogen (secondary N) is 1. The Hall–Kier alpha value is -5.92. The number of halogens is 2. The van der Waals surface area contributed by atoms with Crippen molar-refractivity contribution in [2.45, 2.75) is 24.2 Å². The van der Waals surface area contributed by atoms with Gasteiger partial charge in [0.15, 0.2) is 0 Å². The van der Waals surface area contributed by atoms with Crippen LogP contribution in [-0.2, 0) is 24.6 Å². The number of nitrogens with zero attached hydrogens (tertiary/aromatic N) is 3. The molecule has 54 heavy (non-hydrogen) atoms. The minimum Gasteiger partial charge on any atom is -0.491 e. The van der Waals surface area contributed by atoms with Crippen molar-refractivity contribution in [1.29, 1.82) is 0 Å². The van der Waals surface area contributed by atoms with Crippen LogP contribution < -0.4 is 15.1 Å². The van der Waals surface area contributed by atoms with Gasteiger partial charge in [-0.15, -0.1) is 0 Å². The zero-order valence-electron chi connectivity index (χ0n) is 28.4. The summed E-state index contributed by atoms with van der Waals surface area (Å²) in [5, 5.41) is 22.7. The number of aliphatic hydroxyl groups excluding tert-OH is 1. The second-order valence-electron chi connectivity index (χ2n) is 13.8. The first-order valence-corrected chi connectivity index (χ1v) is 17.8. The molecule has 4 amide bonds. The summed E-state index contributed by atoms with van der Waals surface area (Å²) in [6.45, 7) is -0.361. The molecule has 2 saturated heterocycles. The maximum absolute atomic E-state index is 15.3. The summed E-state index contributed by atoms with van der Waals surface area (Å²) < 4.78 is 19.9. The van der Waals surface area contributed by atoms with Crippen LogP contribution in [0.5, 0.6) is 5.75 Å². The highest BCUT2D eigenvalue weighted by Gasteiger charge is 2.70. The molecular formula is C40H32ClFN4O8. The van der Waals surface area contributed by atoms with Crippen molar-refractivity contribution in [3.05, 3.63) is 141 Å². The predicted molar refractivity (Wildman–Crippen MR) is 194 cm³/mol. The van der Waals surface area contributed by atoms with E-state index in [-0.39, 0.29) is 43.1 Å². The van der Waals surface area contributed by atoms with E-state index in [0.29, 0.717) is 27.5 Å². The van der Waals surface area contributed by atoms with Gasteiger partial charge in [0.1, 0.15) is 18.2 Å². The minimum atomic E-state index is -1.63. The van der Waals surface area contributed by atoms with Gasteiger partial charge >= 0.3 is 0 Å². The topological polar surface area (TPSA) is 159 Å². The van der Waals surface area contributed by atoms with E-state index in [0.717, 1.165) is 9.91 Å². The van der Waals surface area contributed by atoms with E-state index in [1.165, 1.54) is 48.5 Å². The highest BCUT2D eigenvalue weighted by molar-refractivity contribution is 6.30. The molecule has 1 saturated carbocycles. The highest BCUT2D eigenvalue weighted by atomic mass is 35.5. The van der Waals surface area contributed by atoms with Crippen molar-refractivity contribution in [3.63, 3.8) is 0 Å². The van der Waals surface area contributed by atoms with Crippen LogP contribution in [0.4, 0.5) is 21.5 Å². The third-order valence-corrected chi connectivity index (χ3v) is 11.4. The molecule has 0 aromatic heterocycles. The molecule has 0 spiro atoms. The number of hydrogen-bond donors (Lipinski definition) is 2. The van der Waals surface area contributed by atoms with Gasteiger partial charge < -0.3 is 9.84 Å². The highest BCUT2D eigenvalue weighted by Crippen LogP contribution is 2.65. The van der Waals surface area contributed by atoms with Crippen molar-refractivity contribution in [3.8, 4) is 5.75 Å². The molecule has 3 fully saturated rings. The van der Waals surface area contributed by atoms with Gasteiger partial charge in [-0.2, -0.15) is 5.01 Å². The Bertz CT molecular complexity index is 2250. The van der Waals surface area contributed by atoms with Gasteiger partial charge in [-0.25, -0.2) is 9.29 Å². The molecule has 4 aliphatic rings. The number of carbonyl (C=O) groups is 4. The van der Waals surface area contributed by atoms with Gasteiger partial charge in [-0.05, 0) is 72.9 Å². The molecule has 0 bridgehead atoms. The zero-order valence-corrected chi connectivity index (χ0v) is 29.2. The standard InChI is InChI=1S/C40H32ClFN4O8/c41-23-10-8-22(9-11-23)40-32(37(49)45(39(40)51)43-25-14-12-24(42)13-15-25)21-31-28(35(40)29-6-1-2-7-33(29)54-19-18-47)16-17-30-34(31)38(50)44(36(30)48)26-4-3-5-27(20-26)46(52)53/h1-16,20,30-32,34-35,43,47H,17-19,21H2/t30-,31+,32-,34-,35+,40+/m0/s1. The molecule has 2 aliphatic heterocycles. The molecule has 0 unspecified atom stereocenters. The Morgan fingerprint density at radius 2 is 1.67 bits per heavy atom. The summed E-state index contributed by atoms with van der Waals surface area (Å²) in [5.74, 6) is -6.91. The van der Waals surface area contributed by atoms with E-state index in [1.807, 2.05) is 6.08 Å². The first kappa shape index (κ1) is 35.1. The summed E-state index contributed by atoms with van der Waals surface area (Å²) in [6.07, 6.45) is 2.01. The SMILES string of the molecule is O=C1[C@@H]2C[C@@H]3C(=CC[C@@H]4C(=O)N(c5cccc([N+](=O)[O-])c5)C(=O)[C@@H]43)[C@H](c3ccccc3OCCO)[C@]2(c2ccc(Cl)cc2)C(=O)N1Nc1ccc(F)cc1. The summed E-state index contributed by atoms with van der Waals surface area (Å²) in [5.41, 5.74) is 3.02. The molecule has 4 aromatic carbocycles. The number of carbonyl (C=O) groups excluding carboxylic acids is 4. The molecule has 2 heterocycles. The molecule has 4 aromatic rings. The van der Waals surface area contributed by atoms with Crippen molar-refractivity contribution in [2.75, 3.05) is 23.5 Å². The quantitative estimate of drug-likeness (QED) is 0.0913. The Morgan fingerprint density at radius 1 is 0.926 bits per heavy atom. The van der Waals surface area contributed by atoms with Crippen LogP contribution in [0.15, 0.2) is 109 Å². The first-order chi connectivity index (χ1) is 26.1. The molecule has 6 atom stereocenters. The van der Waals surface area contributed by atoms with Gasteiger partial charge in [-0.1, -0.05) is 59.6 Å². The Balaban J connectivity index is 1.32. The number of nitro groups is 1. The van der Waals surface area contributed by atoms with Crippen LogP contribution in [0, 0.1) is 39.6 Å². The van der Waals surface area contributed by atoms with E-state index in [1.54, 1.807) is 48.5 Å². The predicted octanol–water partition coefficient (Wildman–Crippen LogP) is 5.95. The van der Waals surface area contributed by atoms with Crippen molar-refractivity contribution >= 4 is 52.3 Å².